The molecule has 0 saturated carbocycles. The first kappa shape index (κ1) is 13.6. The Hall–Kier alpha value is -0.850. The van der Waals surface area contributed by atoms with Gasteiger partial charge in [-0.25, -0.2) is 4.79 Å². The zero-order chi connectivity index (χ0) is 13.4. The molecule has 2 fully saturated rings. The number of nitrogens with one attached hydrogen (secondary N) is 2. The molecular formula is C12H23N3O3. The summed E-state index contributed by atoms with van der Waals surface area (Å²) in [6, 6.07) is 0. The van der Waals surface area contributed by atoms with E-state index in [-0.39, 0.29) is 6.09 Å². The molecule has 1 amide bonds. The fourth-order valence-electron chi connectivity index (χ4n) is 2.51. The number of nitrogens with zero attached hydrogens (tertiary/aromatic N) is 1. The lowest BCUT2D eigenvalue weighted by molar-refractivity contribution is -0.00834. The highest BCUT2D eigenvalue weighted by Gasteiger charge is 2.46. The minimum atomic E-state index is -0.609. The normalized spacial score (nSPS) is 32.9. The van der Waals surface area contributed by atoms with E-state index in [0.29, 0.717) is 19.6 Å². The molecule has 0 bridgehead atoms. The lowest BCUT2D eigenvalue weighted by atomic mass is 9.94. The van der Waals surface area contributed by atoms with Gasteiger partial charge in [0.05, 0.1) is 5.54 Å². The van der Waals surface area contributed by atoms with Crippen LogP contribution in [0.1, 0.15) is 27.2 Å². The molecule has 104 valence electrons. The summed E-state index contributed by atoms with van der Waals surface area (Å²) in [7, 11) is 0. The first-order chi connectivity index (χ1) is 8.32. The third-order valence-corrected chi connectivity index (χ3v) is 3.42. The van der Waals surface area contributed by atoms with Gasteiger partial charge in [-0.1, -0.05) is 0 Å². The molecule has 2 heterocycles. The van der Waals surface area contributed by atoms with Crippen LogP contribution in [0.15, 0.2) is 0 Å². The predicted molar refractivity (Wildman–Crippen MR) is 67.2 cm³/mol. The van der Waals surface area contributed by atoms with Crippen LogP contribution in [0.25, 0.3) is 0 Å². The van der Waals surface area contributed by atoms with Gasteiger partial charge < -0.3 is 20.1 Å². The van der Waals surface area contributed by atoms with Gasteiger partial charge in [-0.05, 0) is 33.7 Å². The molecule has 2 aliphatic heterocycles. The molecule has 2 aliphatic rings. The monoisotopic (exact) mass is 257 g/mol. The Morgan fingerprint density at radius 2 is 2.17 bits per heavy atom. The number of aliphatic hydroxyl groups excluding tert-OH is 1. The molecule has 2 unspecified atom stereocenters. The minimum absolute atomic E-state index is 0.303. The summed E-state index contributed by atoms with van der Waals surface area (Å²) in [5, 5.41) is 16.3. The van der Waals surface area contributed by atoms with Crippen LogP contribution in [0.2, 0.25) is 0 Å². The number of carbonyl (C=O) groups excluding carboxylic acids is 1. The second-order valence-electron chi connectivity index (χ2n) is 6.09. The Kier molecular flexibility index (Phi) is 3.53. The van der Waals surface area contributed by atoms with Crippen LogP contribution in [0, 0.1) is 0 Å². The molecule has 0 aromatic carbocycles. The number of piperazine rings is 1. The maximum atomic E-state index is 12.0. The van der Waals surface area contributed by atoms with E-state index in [1.165, 1.54) is 0 Å². The SMILES string of the molecule is CC(C)(C)OC(=O)N1CCNC2(CCNC2O)C1. The van der Waals surface area contributed by atoms with E-state index in [1.807, 2.05) is 20.8 Å². The van der Waals surface area contributed by atoms with Crippen molar-refractivity contribution in [3.63, 3.8) is 0 Å². The van der Waals surface area contributed by atoms with E-state index in [2.05, 4.69) is 10.6 Å². The van der Waals surface area contributed by atoms with Crippen molar-refractivity contribution < 1.29 is 14.6 Å². The first-order valence-electron chi connectivity index (χ1n) is 6.47. The number of amides is 1. The second-order valence-corrected chi connectivity index (χ2v) is 6.09. The Bertz CT molecular complexity index is 329. The topological polar surface area (TPSA) is 73.8 Å². The third-order valence-electron chi connectivity index (χ3n) is 3.42. The van der Waals surface area contributed by atoms with E-state index in [4.69, 9.17) is 4.74 Å². The van der Waals surface area contributed by atoms with Gasteiger partial charge in [-0.2, -0.15) is 0 Å². The molecule has 2 atom stereocenters. The summed E-state index contributed by atoms with van der Waals surface area (Å²) >= 11 is 0. The zero-order valence-electron chi connectivity index (χ0n) is 11.3. The van der Waals surface area contributed by atoms with Crippen molar-refractivity contribution in [1.29, 1.82) is 0 Å². The molecule has 2 rings (SSSR count). The largest absolute Gasteiger partial charge is 0.444 e. The Labute approximate surface area is 108 Å². The van der Waals surface area contributed by atoms with Crippen molar-refractivity contribution in [3.8, 4) is 0 Å². The molecule has 6 heteroatoms. The van der Waals surface area contributed by atoms with Gasteiger partial charge in [0.25, 0.3) is 0 Å². The number of rotatable bonds is 0. The fraction of sp³-hybridized carbons (Fsp3) is 0.917. The summed E-state index contributed by atoms with van der Waals surface area (Å²) in [4.78, 5) is 13.7. The van der Waals surface area contributed by atoms with E-state index in [1.54, 1.807) is 4.90 Å². The molecule has 0 aromatic rings. The number of carbonyl (C=O) groups is 1. The molecule has 0 aromatic heterocycles. The van der Waals surface area contributed by atoms with Gasteiger partial charge >= 0.3 is 6.09 Å². The maximum absolute atomic E-state index is 12.0. The summed E-state index contributed by atoms with van der Waals surface area (Å²) in [6.07, 6.45) is -0.0989. The van der Waals surface area contributed by atoms with E-state index < -0.39 is 17.4 Å². The molecule has 6 nitrogen and oxygen atoms in total. The smallest absolute Gasteiger partial charge is 0.410 e. The van der Waals surface area contributed by atoms with Crippen LogP contribution in [0.3, 0.4) is 0 Å². The van der Waals surface area contributed by atoms with Crippen LogP contribution in [-0.4, -0.2) is 59.6 Å². The Morgan fingerprint density at radius 3 is 2.72 bits per heavy atom. The summed E-state index contributed by atoms with van der Waals surface area (Å²) < 4.78 is 5.37. The molecule has 0 aliphatic carbocycles. The molecule has 1 spiro atoms. The second kappa shape index (κ2) is 4.68. The predicted octanol–water partition coefficient (Wildman–Crippen LogP) is -0.123. The number of hydrogen-bond acceptors (Lipinski definition) is 5. The van der Waals surface area contributed by atoms with Gasteiger partial charge in [-0.15, -0.1) is 0 Å². The number of aliphatic hydroxyl groups is 1. The lowest BCUT2D eigenvalue weighted by Crippen LogP contribution is -2.66. The molecule has 3 N–H and O–H groups in total. The van der Waals surface area contributed by atoms with Crippen LogP contribution >= 0.6 is 0 Å². The van der Waals surface area contributed by atoms with E-state index in [0.717, 1.165) is 13.0 Å². The van der Waals surface area contributed by atoms with Gasteiger partial charge in [0, 0.05) is 19.6 Å². The van der Waals surface area contributed by atoms with Crippen molar-refractivity contribution in [3.05, 3.63) is 0 Å². The quantitative estimate of drug-likeness (QED) is 0.564. The van der Waals surface area contributed by atoms with Crippen molar-refractivity contribution >= 4 is 6.09 Å². The highest BCUT2D eigenvalue weighted by molar-refractivity contribution is 5.68. The average Bonchev–Trinajstić information content (AvgIpc) is 2.58. The Morgan fingerprint density at radius 1 is 1.44 bits per heavy atom. The third kappa shape index (κ3) is 2.76. The van der Waals surface area contributed by atoms with Crippen molar-refractivity contribution in [2.24, 2.45) is 0 Å². The zero-order valence-corrected chi connectivity index (χ0v) is 11.3. The lowest BCUT2D eigenvalue weighted by Gasteiger charge is -2.42. The molecule has 2 saturated heterocycles. The average molecular weight is 257 g/mol. The van der Waals surface area contributed by atoms with Gasteiger partial charge in [-0.3, -0.25) is 5.32 Å². The van der Waals surface area contributed by atoms with Gasteiger partial charge in [0.1, 0.15) is 11.8 Å². The molecule has 0 radical (unpaired) electrons. The molecule has 18 heavy (non-hydrogen) atoms. The minimum Gasteiger partial charge on any atom is -0.444 e. The standard InChI is InChI=1S/C12H23N3O3/c1-11(2,3)18-10(17)15-7-6-14-12(8-15)4-5-13-9(12)16/h9,13-14,16H,4-8H2,1-3H3. The van der Waals surface area contributed by atoms with Crippen LogP contribution in [0.5, 0.6) is 0 Å². The van der Waals surface area contributed by atoms with Crippen LogP contribution in [0.4, 0.5) is 4.79 Å². The summed E-state index contributed by atoms with van der Waals surface area (Å²) in [5.41, 5.74) is -0.906. The fourth-order valence-corrected chi connectivity index (χ4v) is 2.51. The highest BCUT2D eigenvalue weighted by atomic mass is 16.6. The Balaban J connectivity index is 2.01. The summed E-state index contributed by atoms with van der Waals surface area (Å²) in [6.45, 7) is 8.10. The summed E-state index contributed by atoms with van der Waals surface area (Å²) in [5.74, 6) is 0. The molecular weight excluding hydrogens is 234 g/mol. The van der Waals surface area contributed by atoms with Crippen LogP contribution < -0.4 is 10.6 Å². The first-order valence-corrected chi connectivity index (χ1v) is 6.47. The van der Waals surface area contributed by atoms with Crippen LogP contribution in [-0.2, 0) is 4.74 Å². The van der Waals surface area contributed by atoms with Gasteiger partial charge in [0.15, 0.2) is 0 Å². The number of hydrogen-bond donors (Lipinski definition) is 3. The van der Waals surface area contributed by atoms with E-state index >= 15 is 0 Å². The van der Waals surface area contributed by atoms with Crippen molar-refractivity contribution in [2.45, 2.75) is 44.6 Å². The highest BCUT2D eigenvalue weighted by Crippen LogP contribution is 2.24. The van der Waals surface area contributed by atoms with E-state index in [9.17, 15) is 9.90 Å². The van der Waals surface area contributed by atoms with Crippen molar-refractivity contribution in [2.75, 3.05) is 26.2 Å². The van der Waals surface area contributed by atoms with Gasteiger partial charge in [0.2, 0.25) is 0 Å². The maximum Gasteiger partial charge on any atom is 0.410 e. The number of ether oxygens (including phenoxy) is 1. The van der Waals surface area contributed by atoms with Crippen molar-refractivity contribution in [1.82, 2.24) is 15.5 Å².